The molecule has 6 nitrogen and oxygen atoms in total. The molecular weight excluding hydrogens is 695 g/mol. The first kappa shape index (κ1) is 37.1. The summed E-state index contributed by atoms with van der Waals surface area (Å²) in [6, 6.07) is 16.2. The lowest BCUT2D eigenvalue weighted by molar-refractivity contribution is -0.442. The van der Waals surface area contributed by atoms with Gasteiger partial charge in [0.1, 0.15) is 5.75 Å². The van der Waals surface area contributed by atoms with E-state index >= 15 is 0 Å². The molecule has 0 radical (unpaired) electrons. The van der Waals surface area contributed by atoms with Gasteiger partial charge in [-0.05, 0) is 80.9 Å². The van der Waals surface area contributed by atoms with Gasteiger partial charge in [-0.2, -0.15) is 21.6 Å². The third kappa shape index (κ3) is 7.77. The maximum Gasteiger partial charge on any atom is 0.550 e. The van der Waals surface area contributed by atoms with Gasteiger partial charge in [-0.25, -0.2) is 4.21 Å². The van der Waals surface area contributed by atoms with Crippen molar-refractivity contribution >= 4 is 42.7 Å². The number of hydrogen-bond donors (Lipinski definition) is 0. The molecule has 0 spiro atoms. The molecule has 4 aromatic carbocycles. The molecule has 0 heterocycles. The van der Waals surface area contributed by atoms with Gasteiger partial charge in [-0.15, -0.1) is 22.4 Å². The van der Waals surface area contributed by atoms with E-state index in [4.69, 9.17) is 0 Å². The first-order valence-corrected chi connectivity index (χ1v) is 18.6. The van der Waals surface area contributed by atoms with E-state index < -0.39 is 44.2 Å². The van der Waals surface area contributed by atoms with Crippen molar-refractivity contribution in [1.29, 1.82) is 0 Å². The zero-order valence-corrected chi connectivity index (χ0v) is 28.5. The molecule has 1 aliphatic rings. The van der Waals surface area contributed by atoms with Gasteiger partial charge in [0, 0.05) is 5.41 Å². The summed E-state index contributed by atoms with van der Waals surface area (Å²) in [5.41, 5.74) is -2.27. The number of hydrogen-bond acceptors (Lipinski definition) is 6. The fourth-order valence-electron chi connectivity index (χ4n) is 6.99. The Balaban J connectivity index is 1.69. The predicted molar refractivity (Wildman–Crippen MR) is 175 cm³/mol. The third-order valence-corrected chi connectivity index (χ3v) is 10.8. The number of unbranched alkanes of at least 4 members (excludes halogenated alkanes) is 6. The molecule has 1 aliphatic carbocycles. The fourth-order valence-corrected chi connectivity index (χ4v) is 8.06. The standard InChI is InChI=1S/C35H36F6O6S2/c1-3-5-7-9-19-33(20-10-8-6-4-2)31-27-17-13-25(45-49(43,44)35(39,40)41)21-23(27)11-15-29(31)30-16-12-24-22-26(14-18-28(24)32(30)33)48(42)47-46-34(36,37)38/h11-18,21-22H,3-10,19-20H2,1-2H3. The second-order valence-electron chi connectivity index (χ2n) is 12.3. The van der Waals surface area contributed by atoms with Gasteiger partial charge in [0.25, 0.3) is 0 Å². The van der Waals surface area contributed by atoms with E-state index in [1.165, 1.54) is 24.3 Å². The van der Waals surface area contributed by atoms with E-state index in [0.29, 0.717) is 10.8 Å². The summed E-state index contributed by atoms with van der Waals surface area (Å²) < 4.78 is 122. The molecule has 5 rings (SSSR count). The van der Waals surface area contributed by atoms with Gasteiger partial charge in [-0.3, -0.25) is 0 Å². The molecule has 0 amide bonds. The van der Waals surface area contributed by atoms with Crippen LogP contribution in [0.3, 0.4) is 0 Å². The van der Waals surface area contributed by atoms with Gasteiger partial charge in [-0.1, -0.05) is 102 Å². The highest BCUT2D eigenvalue weighted by molar-refractivity contribution is 7.88. The summed E-state index contributed by atoms with van der Waals surface area (Å²) >= 11 is -2.56. The molecule has 0 aliphatic heterocycles. The van der Waals surface area contributed by atoms with Crippen LogP contribution in [0.25, 0.3) is 32.7 Å². The maximum absolute atomic E-state index is 13.1. The highest BCUT2D eigenvalue weighted by atomic mass is 32.2. The van der Waals surface area contributed by atoms with Gasteiger partial charge < -0.3 is 4.18 Å². The molecule has 14 heteroatoms. The topological polar surface area (TPSA) is 78.9 Å². The van der Waals surface area contributed by atoms with Crippen LogP contribution < -0.4 is 4.18 Å². The van der Waals surface area contributed by atoms with Crippen molar-refractivity contribution in [3.8, 4) is 16.9 Å². The molecule has 1 atom stereocenters. The van der Waals surface area contributed by atoms with Crippen LogP contribution in [0, 0.1) is 0 Å². The molecule has 0 saturated heterocycles. The SMILES string of the molecule is CCCCCCC1(CCCCCC)c2c(ccc3cc(OS(=O)(=O)C(F)(F)F)ccc23)-c2ccc3cc(S(=O)OOC(F)(F)F)ccc3c21. The molecule has 0 bridgehead atoms. The predicted octanol–water partition coefficient (Wildman–Crippen LogP) is 10.9. The minimum absolute atomic E-state index is 0.0181. The second kappa shape index (κ2) is 14.6. The van der Waals surface area contributed by atoms with Crippen LogP contribution in [0.4, 0.5) is 26.3 Å². The lowest BCUT2D eigenvalue weighted by Crippen LogP contribution is -2.28. The van der Waals surface area contributed by atoms with Crippen LogP contribution in [0.1, 0.15) is 89.2 Å². The monoisotopic (exact) mass is 730 g/mol. The quantitative estimate of drug-likeness (QED) is 0.0303. The van der Waals surface area contributed by atoms with Crippen molar-refractivity contribution in [2.24, 2.45) is 0 Å². The van der Waals surface area contributed by atoms with Crippen molar-refractivity contribution in [3.63, 3.8) is 0 Å². The molecule has 4 aromatic rings. The van der Waals surface area contributed by atoms with Crippen LogP contribution in [0.5, 0.6) is 5.75 Å². The Morgan fingerprint density at radius 3 is 1.73 bits per heavy atom. The highest BCUT2D eigenvalue weighted by Gasteiger charge is 2.49. The van der Waals surface area contributed by atoms with E-state index in [0.717, 1.165) is 97.2 Å². The molecule has 0 aromatic heterocycles. The molecule has 0 fully saturated rings. The van der Waals surface area contributed by atoms with Crippen LogP contribution in [-0.4, -0.2) is 24.5 Å². The minimum Gasteiger partial charge on any atom is -0.376 e. The first-order valence-electron chi connectivity index (χ1n) is 16.1. The number of alkyl halides is 6. The average molecular weight is 731 g/mol. The first-order chi connectivity index (χ1) is 23.1. The number of halogens is 6. The Bertz CT molecular complexity index is 1940. The number of rotatable bonds is 15. The van der Waals surface area contributed by atoms with Gasteiger partial charge in [0.05, 0.1) is 4.90 Å². The zero-order chi connectivity index (χ0) is 35.6. The second-order valence-corrected chi connectivity index (χ2v) is 14.9. The molecule has 1 unspecified atom stereocenters. The molecular formula is C35H36F6O6S2. The zero-order valence-electron chi connectivity index (χ0n) is 26.9. The highest BCUT2D eigenvalue weighted by Crippen LogP contribution is 2.58. The smallest absolute Gasteiger partial charge is 0.376 e. The minimum atomic E-state index is -5.87. The molecule has 0 saturated carbocycles. The average Bonchev–Trinajstić information content (AvgIpc) is 3.32. The fraction of sp³-hybridized carbons (Fsp3) is 0.429. The van der Waals surface area contributed by atoms with E-state index in [9.17, 15) is 39.0 Å². The summed E-state index contributed by atoms with van der Waals surface area (Å²) in [5, 5.41) is 2.72. The van der Waals surface area contributed by atoms with Crippen LogP contribution in [-0.2, 0) is 35.8 Å². The number of benzene rings is 4. The van der Waals surface area contributed by atoms with Gasteiger partial charge >= 0.3 is 22.0 Å². The molecule has 0 N–H and O–H groups in total. The van der Waals surface area contributed by atoms with E-state index in [-0.39, 0.29) is 4.90 Å². The summed E-state index contributed by atoms with van der Waals surface area (Å²) in [6.07, 6.45) is 4.16. The van der Waals surface area contributed by atoms with Crippen molar-refractivity contribution in [1.82, 2.24) is 0 Å². The Kier molecular flexibility index (Phi) is 11.0. The Morgan fingerprint density at radius 1 is 0.694 bits per heavy atom. The maximum atomic E-state index is 13.1. The lowest BCUT2D eigenvalue weighted by atomic mass is 9.68. The largest absolute Gasteiger partial charge is 0.550 e. The molecule has 49 heavy (non-hydrogen) atoms. The van der Waals surface area contributed by atoms with E-state index in [1.807, 2.05) is 12.1 Å². The van der Waals surface area contributed by atoms with Crippen molar-refractivity contribution < 1.29 is 52.4 Å². The van der Waals surface area contributed by atoms with Crippen molar-refractivity contribution in [3.05, 3.63) is 71.8 Å². The summed E-state index contributed by atoms with van der Waals surface area (Å²) in [5.74, 6) is -0.459. The lowest BCUT2D eigenvalue weighted by Gasteiger charge is -2.34. The Labute approximate surface area is 283 Å². The van der Waals surface area contributed by atoms with Crippen molar-refractivity contribution in [2.45, 2.75) is 100 Å². The number of fused-ring (bicyclic) bond motifs is 7. The third-order valence-electron chi connectivity index (χ3n) is 9.02. The van der Waals surface area contributed by atoms with Crippen LogP contribution in [0.15, 0.2) is 65.6 Å². The van der Waals surface area contributed by atoms with Gasteiger partial charge in [0.15, 0.2) is 0 Å². The van der Waals surface area contributed by atoms with Crippen LogP contribution in [0.2, 0.25) is 0 Å². The van der Waals surface area contributed by atoms with Crippen LogP contribution >= 0.6 is 0 Å². The normalized spacial score (nSPS) is 15.0. The molecule has 266 valence electrons. The summed E-state index contributed by atoms with van der Waals surface area (Å²) in [4.78, 5) is 3.31. The van der Waals surface area contributed by atoms with E-state index in [1.54, 1.807) is 24.3 Å². The Hall–Kier alpha value is -3.20. The van der Waals surface area contributed by atoms with Gasteiger partial charge in [0.2, 0.25) is 11.1 Å². The Morgan fingerprint density at radius 2 is 1.22 bits per heavy atom. The van der Waals surface area contributed by atoms with E-state index in [2.05, 4.69) is 27.3 Å². The summed E-state index contributed by atoms with van der Waals surface area (Å²) in [6.45, 7) is 4.23. The van der Waals surface area contributed by atoms with Crippen molar-refractivity contribution in [2.75, 3.05) is 0 Å². The summed E-state index contributed by atoms with van der Waals surface area (Å²) in [7, 11) is -5.87.